The van der Waals surface area contributed by atoms with Gasteiger partial charge in [0.15, 0.2) is 0 Å². The first-order valence-corrected chi connectivity index (χ1v) is 6.06. The van der Waals surface area contributed by atoms with Gasteiger partial charge < -0.3 is 10.4 Å². The maximum atomic E-state index is 11.3. The van der Waals surface area contributed by atoms with Crippen LogP contribution in [-0.4, -0.2) is 17.6 Å². The molecule has 17 heavy (non-hydrogen) atoms. The Morgan fingerprint density at radius 1 is 1.41 bits per heavy atom. The van der Waals surface area contributed by atoms with Crippen LogP contribution in [0.3, 0.4) is 0 Å². The van der Waals surface area contributed by atoms with Gasteiger partial charge in [-0.1, -0.05) is 23.8 Å². The summed E-state index contributed by atoms with van der Waals surface area (Å²) in [6.07, 6.45) is 0.274. The van der Waals surface area contributed by atoms with Crippen molar-refractivity contribution in [3.63, 3.8) is 0 Å². The highest BCUT2D eigenvalue weighted by atomic mass is 16.3. The first-order valence-electron chi connectivity index (χ1n) is 6.06. The lowest BCUT2D eigenvalue weighted by Crippen LogP contribution is -2.22. The number of nitrogens with one attached hydrogen (secondary N) is 1. The lowest BCUT2D eigenvalue weighted by Gasteiger charge is -2.14. The third-order valence-corrected chi connectivity index (χ3v) is 2.80. The number of aliphatic hydroxyl groups excluding tert-OH is 1. The van der Waals surface area contributed by atoms with Crippen molar-refractivity contribution in [3.8, 4) is 0 Å². The van der Waals surface area contributed by atoms with E-state index in [9.17, 15) is 9.90 Å². The zero-order chi connectivity index (χ0) is 12.8. The van der Waals surface area contributed by atoms with Gasteiger partial charge in [0.05, 0.1) is 6.10 Å². The molecule has 0 aliphatic heterocycles. The van der Waals surface area contributed by atoms with Crippen molar-refractivity contribution in [2.24, 2.45) is 0 Å². The zero-order valence-corrected chi connectivity index (χ0v) is 10.8. The van der Waals surface area contributed by atoms with Crippen LogP contribution in [0.25, 0.3) is 0 Å². The highest BCUT2D eigenvalue weighted by molar-refractivity contribution is 5.75. The predicted octanol–water partition coefficient (Wildman–Crippen LogP) is 2.25. The van der Waals surface area contributed by atoms with Crippen LogP contribution in [0.15, 0.2) is 18.2 Å². The van der Waals surface area contributed by atoms with Gasteiger partial charge in [-0.15, -0.1) is 0 Å². The molecule has 3 heteroatoms. The van der Waals surface area contributed by atoms with E-state index >= 15 is 0 Å². The summed E-state index contributed by atoms with van der Waals surface area (Å²) in [6, 6.07) is 5.97. The predicted molar refractivity (Wildman–Crippen MR) is 68.8 cm³/mol. The topological polar surface area (TPSA) is 49.3 Å². The Morgan fingerprint density at radius 3 is 2.71 bits per heavy atom. The molecule has 0 fully saturated rings. The highest BCUT2D eigenvalue weighted by Crippen LogP contribution is 2.22. The van der Waals surface area contributed by atoms with Gasteiger partial charge in [0, 0.05) is 13.0 Å². The van der Waals surface area contributed by atoms with Gasteiger partial charge in [0.1, 0.15) is 0 Å². The molecule has 1 rings (SSSR count). The second-order valence-corrected chi connectivity index (χ2v) is 4.37. The van der Waals surface area contributed by atoms with Crippen molar-refractivity contribution in [1.29, 1.82) is 0 Å². The van der Waals surface area contributed by atoms with Crippen LogP contribution in [0.5, 0.6) is 0 Å². The number of carbonyl (C=O) groups is 1. The Morgan fingerprint density at radius 2 is 2.12 bits per heavy atom. The van der Waals surface area contributed by atoms with Crippen molar-refractivity contribution in [2.45, 2.75) is 39.7 Å². The van der Waals surface area contributed by atoms with Gasteiger partial charge in [-0.3, -0.25) is 4.79 Å². The molecule has 0 saturated carbocycles. The SMILES string of the molecule is CCNC(=O)CCC(O)c1ccc(C)cc1C. The van der Waals surface area contributed by atoms with Crippen LogP contribution < -0.4 is 5.32 Å². The lowest BCUT2D eigenvalue weighted by atomic mass is 9.98. The van der Waals surface area contributed by atoms with Gasteiger partial charge in [0.25, 0.3) is 0 Å². The summed E-state index contributed by atoms with van der Waals surface area (Å²) in [5.41, 5.74) is 3.18. The quantitative estimate of drug-likeness (QED) is 0.822. The van der Waals surface area contributed by atoms with Crippen LogP contribution in [0.2, 0.25) is 0 Å². The fraction of sp³-hybridized carbons (Fsp3) is 0.500. The zero-order valence-electron chi connectivity index (χ0n) is 10.8. The summed E-state index contributed by atoms with van der Waals surface area (Å²) >= 11 is 0. The fourth-order valence-corrected chi connectivity index (χ4v) is 1.91. The van der Waals surface area contributed by atoms with Crippen LogP contribution in [-0.2, 0) is 4.79 Å². The summed E-state index contributed by atoms with van der Waals surface area (Å²) in [7, 11) is 0. The van der Waals surface area contributed by atoms with Crippen LogP contribution in [0.4, 0.5) is 0 Å². The van der Waals surface area contributed by atoms with E-state index in [0.717, 1.165) is 11.1 Å². The van der Waals surface area contributed by atoms with Gasteiger partial charge >= 0.3 is 0 Å². The normalized spacial score (nSPS) is 12.2. The number of benzene rings is 1. The molecular weight excluding hydrogens is 214 g/mol. The second-order valence-electron chi connectivity index (χ2n) is 4.37. The summed E-state index contributed by atoms with van der Waals surface area (Å²) in [5.74, 6) is -0.00341. The van der Waals surface area contributed by atoms with Gasteiger partial charge in [-0.25, -0.2) is 0 Å². The fourth-order valence-electron chi connectivity index (χ4n) is 1.91. The second kappa shape index (κ2) is 6.40. The Balaban J connectivity index is 2.57. The van der Waals surface area contributed by atoms with E-state index in [2.05, 4.69) is 5.32 Å². The number of aryl methyl sites for hydroxylation is 2. The number of rotatable bonds is 5. The molecule has 0 aliphatic carbocycles. The number of amides is 1. The molecule has 2 N–H and O–H groups in total. The van der Waals surface area contributed by atoms with Crippen LogP contribution in [0.1, 0.15) is 42.6 Å². The standard InChI is InChI=1S/C14H21NO2/c1-4-15-14(17)8-7-13(16)12-6-5-10(2)9-11(12)3/h5-6,9,13,16H,4,7-8H2,1-3H3,(H,15,17). The smallest absolute Gasteiger partial charge is 0.220 e. The van der Waals surface area contributed by atoms with E-state index in [0.29, 0.717) is 19.4 Å². The van der Waals surface area contributed by atoms with Crippen molar-refractivity contribution >= 4 is 5.91 Å². The van der Waals surface area contributed by atoms with E-state index in [1.807, 2.05) is 39.0 Å². The number of carbonyl (C=O) groups excluding carboxylic acids is 1. The molecule has 1 aromatic carbocycles. The molecule has 0 aliphatic rings. The number of hydrogen-bond acceptors (Lipinski definition) is 2. The molecule has 1 unspecified atom stereocenters. The minimum absolute atomic E-state index is 0.00341. The summed E-state index contributed by atoms with van der Waals surface area (Å²) in [6.45, 7) is 6.53. The largest absolute Gasteiger partial charge is 0.388 e. The number of hydrogen-bond donors (Lipinski definition) is 2. The van der Waals surface area contributed by atoms with E-state index in [1.54, 1.807) is 0 Å². The maximum Gasteiger partial charge on any atom is 0.220 e. The van der Waals surface area contributed by atoms with Crippen molar-refractivity contribution in [2.75, 3.05) is 6.54 Å². The average molecular weight is 235 g/mol. The Bertz CT molecular complexity index is 388. The third-order valence-electron chi connectivity index (χ3n) is 2.80. The number of aliphatic hydroxyl groups is 1. The summed E-state index contributed by atoms with van der Waals surface area (Å²) < 4.78 is 0. The molecule has 0 saturated heterocycles. The molecular formula is C14H21NO2. The molecule has 0 aromatic heterocycles. The Labute approximate surface area is 103 Å². The van der Waals surface area contributed by atoms with Crippen molar-refractivity contribution in [1.82, 2.24) is 5.32 Å². The van der Waals surface area contributed by atoms with Gasteiger partial charge in [-0.2, -0.15) is 0 Å². The molecule has 1 atom stereocenters. The molecule has 0 heterocycles. The van der Waals surface area contributed by atoms with E-state index in [4.69, 9.17) is 0 Å². The Kier molecular flexibility index (Phi) is 5.16. The summed E-state index contributed by atoms with van der Waals surface area (Å²) in [5, 5.41) is 12.8. The van der Waals surface area contributed by atoms with E-state index < -0.39 is 6.10 Å². The minimum Gasteiger partial charge on any atom is -0.388 e. The molecule has 3 nitrogen and oxygen atoms in total. The van der Waals surface area contributed by atoms with Gasteiger partial charge in [-0.05, 0) is 38.3 Å². The van der Waals surface area contributed by atoms with Crippen molar-refractivity contribution in [3.05, 3.63) is 34.9 Å². The van der Waals surface area contributed by atoms with Crippen LogP contribution in [0, 0.1) is 13.8 Å². The minimum atomic E-state index is -0.557. The molecule has 0 radical (unpaired) electrons. The average Bonchev–Trinajstić information content (AvgIpc) is 2.26. The third kappa shape index (κ3) is 4.19. The van der Waals surface area contributed by atoms with E-state index in [-0.39, 0.29) is 5.91 Å². The molecule has 1 aromatic rings. The Hall–Kier alpha value is -1.35. The monoisotopic (exact) mass is 235 g/mol. The molecule has 1 amide bonds. The first-order chi connectivity index (χ1) is 8.04. The summed E-state index contributed by atoms with van der Waals surface area (Å²) in [4.78, 5) is 11.3. The molecule has 0 bridgehead atoms. The molecule has 94 valence electrons. The highest BCUT2D eigenvalue weighted by Gasteiger charge is 2.12. The van der Waals surface area contributed by atoms with E-state index in [1.165, 1.54) is 5.56 Å². The first kappa shape index (κ1) is 13.7. The van der Waals surface area contributed by atoms with Crippen molar-refractivity contribution < 1.29 is 9.90 Å². The van der Waals surface area contributed by atoms with Crippen LogP contribution >= 0.6 is 0 Å². The lowest BCUT2D eigenvalue weighted by molar-refractivity contribution is -0.121. The maximum absolute atomic E-state index is 11.3. The molecule has 0 spiro atoms. The van der Waals surface area contributed by atoms with Gasteiger partial charge in [0.2, 0.25) is 5.91 Å².